The van der Waals surface area contributed by atoms with Gasteiger partial charge in [0.15, 0.2) is 0 Å². The zero-order valence-corrected chi connectivity index (χ0v) is 20.7. The van der Waals surface area contributed by atoms with E-state index < -0.39 is 0 Å². The van der Waals surface area contributed by atoms with Crippen LogP contribution in [-0.2, 0) is 9.59 Å². The minimum absolute atomic E-state index is 0.147. The Morgan fingerprint density at radius 1 is 0.824 bits per heavy atom. The smallest absolute Gasteiger partial charge is 0.234 e. The highest BCUT2D eigenvalue weighted by Crippen LogP contribution is 2.30. The van der Waals surface area contributed by atoms with Gasteiger partial charge in [-0.25, -0.2) is 0 Å². The Morgan fingerprint density at radius 2 is 1.35 bits per heavy atom. The summed E-state index contributed by atoms with van der Waals surface area (Å²) in [5.41, 5.74) is 2.11. The van der Waals surface area contributed by atoms with Crippen LogP contribution in [0.15, 0.2) is 60.7 Å². The summed E-state index contributed by atoms with van der Waals surface area (Å²) in [6.07, 6.45) is 3.89. The molecule has 2 aliphatic heterocycles. The first kappa shape index (κ1) is 24.5. The Morgan fingerprint density at radius 3 is 1.85 bits per heavy atom. The van der Waals surface area contributed by atoms with Gasteiger partial charge in [-0.2, -0.15) is 0 Å². The number of likely N-dealkylation sites (tertiary alicyclic amines) is 2. The zero-order chi connectivity index (χ0) is 23.9. The van der Waals surface area contributed by atoms with Crippen LogP contribution in [0.25, 0.3) is 0 Å². The number of carbonyl (C=O) groups is 2. The summed E-state index contributed by atoms with van der Waals surface area (Å²) < 4.78 is 0. The van der Waals surface area contributed by atoms with Crippen molar-refractivity contribution in [2.45, 2.75) is 51.5 Å². The lowest BCUT2D eigenvalue weighted by Gasteiger charge is -2.42. The minimum Gasteiger partial charge on any atom is -0.356 e. The van der Waals surface area contributed by atoms with Crippen LogP contribution in [0.5, 0.6) is 0 Å². The van der Waals surface area contributed by atoms with Gasteiger partial charge in [-0.1, -0.05) is 74.5 Å². The second-order valence-electron chi connectivity index (χ2n) is 10.3. The third kappa shape index (κ3) is 6.06. The van der Waals surface area contributed by atoms with E-state index in [0.717, 1.165) is 69.5 Å². The molecule has 0 atom stereocenters. The largest absolute Gasteiger partial charge is 0.356 e. The van der Waals surface area contributed by atoms with E-state index in [-0.39, 0.29) is 23.7 Å². The van der Waals surface area contributed by atoms with E-state index >= 15 is 0 Å². The number of rotatable bonds is 7. The molecule has 2 aromatic rings. The van der Waals surface area contributed by atoms with Gasteiger partial charge in [0.2, 0.25) is 11.8 Å². The van der Waals surface area contributed by atoms with Gasteiger partial charge in [0.1, 0.15) is 0 Å². The van der Waals surface area contributed by atoms with Gasteiger partial charge in [0, 0.05) is 31.6 Å². The monoisotopic (exact) mass is 461 g/mol. The van der Waals surface area contributed by atoms with Gasteiger partial charge in [-0.05, 0) is 55.8 Å². The maximum Gasteiger partial charge on any atom is 0.234 e. The highest BCUT2D eigenvalue weighted by atomic mass is 16.2. The van der Waals surface area contributed by atoms with E-state index in [1.165, 1.54) is 0 Å². The Labute approximate surface area is 204 Å². The molecule has 0 radical (unpaired) electrons. The summed E-state index contributed by atoms with van der Waals surface area (Å²) in [6.45, 7) is 8.58. The molecule has 2 aliphatic rings. The van der Waals surface area contributed by atoms with Crippen LogP contribution in [0.4, 0.5) is 0 Å². The normalized spacial score (nSPS) is 18.4. The molecule has 182 valence electrons. The Balaban J connectivity index is 1.32. The van der Waals surface area contributed by atoms with Crippen LogP contribution in [-0.4, -0.2) is 60.4 Å². The van der Waals surface area contributed by atoms with Crippen LogP contribution < -0.4 is 5.32 Å². The van der Waals surface area contributed by atoms with Gasteiger partial charge >= 0.3 is 0 Å². The van der Waals surface area contributed by atoms with Crippen molar-refractivity contribution in [3.05, 3.63) is 71.8 Å². The molecule has 4 rings (SSSR count). The maximum atomic E-state index is 13.7. The quantitative estimate of drug-likeness (QED) is 0.669. The molecule has 0 saturated carbocycles. The highest BCUT2D eigenvalue weighted by molar-refractivity contribution is 5.87. The molecule has 0 aromatic heterocycles. The fourth-order valence-electron chi connectivity index (χ4n) is 5.38. The molecule has 2 aromatic carbocycles. The van der Waals surface area contributed by atoms with E-state index in [2.05, 4.69) is 53.2 Å². The van der Waals surface area contributed by atoms with Crippen LogP contribution in [0.1, 0.15) is 56.6 Å². The lowest BCUT2D eigenvalue weighted by molar-refractivity contribution is -0.134. The predicted molar refractivity (Wildman–Crippen MR) is 136 cm³/mol. The van der Waals surface area contributed by atoms with Crippen molar-refractivity contribution in [1.82, 2.24) is 15.1 Å². The molecule has 2 saturated heterocycles. The van der Waals surface area contributed by atoms with E-state index in [1.54, 1.807) is 0 Å². The summed E-state index contributed by atoms with van der Waals surface area (Å²) in [7, 11) is 0. The molecule has 2 fully saturated rings. The third-order valence-electron chi connectivity index (χ3n) is 7.39. The van der Waals surface area contributed by atoms with E-state index in [1.807, 2.05) is 36.4 Å². The number of nitrogens with one attached hydrogen (secondary N) is 1. The molecular formula is C29H39N3O2. The van der Waals surface area contributed by atoms with E-state index in [4.69, 9.17) is 0 Å². The van der Waals surface area contributed by atoms with Crippen molar-refractivity contribution in [3.8, 4) is 0 Å². The Bertz CT molecular complexity index is 875. The van der Waals surface area contributed by atoms with Gasteiger partial charge in [0.05, 0.1) is 5.92 Å². The second-order valence-corrected chi connectivity index (χ2v) is 10.3. The maximum absolute atomic E-state index is 13.7. The molecule has 0 unspecified atom stereocenters. The van der Waals surface area contributed by atoms with Gasteiger partial charge < -0.3 is 15.1 Å². The summed E-state index contributed by atoms with van der Waals surface area (Å²) in [4.78, 5) is 30.7. The average Bonchev–Trinajstić information content (AvgIpc) is 2.89. The molecule has 2 heterocycles. The zero-order valence-electron chi connectivity index (χ0n) is 20.7. The molecule has 0 spiro atoms. The molecule has 5 nitrogen and oxygen atoms in total. The molecule has 5 heteroatoms. The molecule has 0 bridgehead atoms. The molecular weight excluding hydrogens is 422 g/mol. The van der Waals surface area contributed by atoms with E-state index in [9.17, 15) is 9.59 Å². The average molecular weight is 462 g/mol. The topological polar surface area (TPSA) is 52.7 Å². The van der Waals surface area contributed by atoms with Gasteiger partial charge in [-0.3, -0.25) is 9.59 Å². The van der Waals surface area contributed by atoms with Crippen molar-refractivity contribution < 1.29 is 9.59 Å². The number of hydrogen-bond donors (Lipinski definition) is 1. The van der Waals surface area contributed by atoms with Crippen molar-refractivity contribution in [1.29, 1.82) is 0 Å². The lowest BCUT2D eigenvalue weighted by atomic mass is 9.88. The number of benzene rings is 2. The summed E-state index contributed by atoms with van der Waals surface area (Å²) in [5, 5.41) is 3.10. The fourth-order valence-corrected chi connectivity index (χ4v) is 5.38. The van der Waals surface area contributed by atoms with Crippen molar-refractivity contribution in [2.24, 2.45) is 11.8 Å². The molecule has 2 amide bonds. The van der Waals surface area contributed by atoms with Crippen LogP contribution >= 0.6 is 0 Å². The first-order valence-electron chi connectivity index (χ1n) is 12.9. The SMILES string of the molecule is CC(C)CNC(=O)C1CCN(C2CCN(C(=O)C(c3ccccc3)c3ccccc3)CC2)CC1. The van der Waals surface area contributed by atoms with Crippen LogP contribution in [0, 0.1) is 11.8 Å². The van der Waals surface area contributed by atoms with Crippen LogP contribution in [0.3, 0.4) is 0 Å². The standard InChI is InChI=1S/C29H39N3O2/c1-22(2)21-30-28(33)25-13-17-31(18-14-25)26-15-19-32(20-16-26)29(34)27(23-9-5-3-6-10-23)24-11-7-4-8-12-24/h3-12,22,25-27H,13-21H2,1-2H3,(H,30,33). The molecule has 0 aliphatic carbocycles. The molecule has 1 N–H and O–H groups in total. The Hall–Kier alpha value is -2.66. The predicted octanol–water partition coefficient (Wildman–Crippen LogP) is 4.29. The van der Waals surface area contributed by atoms with Crippen LogP contribution in [0.2, 0.25) is 0 Å². The van der Waals surface area contributed by atoms with Crippen molar-refractivity contribution >= 4 is 11.8 Å². The van der Waals surface area contributed by atoms with Crippen molar-refractivity contribution in [2.75, 3.05) is 32.7 Å². The lowest BCUT2D eigenvalue weighted by Crippen LogP contribution is -2.51. The number of hydrogen-bond acceptors (Lipinski definition) is 3. The highest BCUT2D eigenvalue weighted by Gasteiger charge is 2.34. The number of carbonyl (C=O) groups excluding carboxylic acids is 2. The third-order valence-corrected chi connectivity index (χ3v) is 7.39. The minimum atomic E-state index is -0.251. The number of nitrogens with zero attached hydrogens (tertiary/aromatic N) is 2. The molecule has 34 heavy (non-hydrogen) atoms. The van der Waals surface area contributed by atoms with E-state index in [0.29, 0.717) is 12.0 Å². The number of amides is 2. The summed E-state index contributed by atoms with van der Waals surface area (Å²) >= 11 is 0. The number of piperidine rings is 2. The second kappa shape index (κ2) is 11.7. The first-order chi connectivity index (χ1) is 16.5. The Kier molecular flexibility index (Phi) is 8.39. The van der Waals surface area contributed by atoms with Gasteiger partial charge in [0.25, 0.3) is 0 Å². The summed E-state index contributed by atoms with van der Waals surface area (Å²) in [6, 6.07) is 20.8. The van der Waals surface area contributed by atoms with Crippen molar-refractivity contribution in [3.63, 3.8) is 0 Å². The summed E-state index contributed by atoms with van der Waals surface area (Å²) in [5.74, 6) is 0.812. The van der Waals surface area contributed by atoms with Gasteiger partial charge in [-0.15, -0.1) is 0 Å². The fraction of sp³-hybridized carbons (Fsp3) is 0.517. The first-order valence-corrected chi connectivity index (χ1v) is 12.9.